The molecule has 0 aliphatic carbocycles. The molecule has 3 nitrogen and oxygen atoms in total. The molecule has 1 aliphatic heterocycles. The predicted molar refractivity (Wildman–Crippen MR) is 65.8 cm³/mol. The molecular formula is C13H15F3N2O. The molecule has 1 aliphatic rings. The molecule has 0 radical (unpaired) electrons. The van der Waals surface area contributed by atoms with E-state index in [9.17, 15) is 18.0 Å². The minimum Gasteiger partial charge on any atom is -0.326 e. The minimum absolute atomic E-state index is 0.0920. The molecule has 1 heterocycles. The van der Waals surface area contributed by atoms with Gasteiger partial charge in [-0.25, -0.2) is 0 Å². The molecule has 1 saturated heterocycles. The molecule has 0 bridgehead atoms. The zero-order valence-corrected chi connectivity index (χ0v) is 10.3. The molecule has 1 atom stereocenters. The Bertz CT molecular complexity index is 453. The molecule has 1 fully saturated rings. The average Bonchev–Trinajstić information content (AvgIpc) is 2.83. The second-order valence-corrected chi connectivity index (χ2v) is 4.63. The van der Waals surface area contributed by atoms with E-state index in [2.05, 4.69) is 10.6 Å². The number of carbonyl (C=O) groups is 1. The molecule has 1 amide bonds. The van der Waals surface area contributed by atoms with Crippen molar-refractivity contribution < 1.29 is 18.0 Å². The number of anilines is 1. The Balaban J connectivity index is 2.09. The largest absolute Gasteiger partial charge is 0.393 e. The average molecular weight is 272 g/mol. The Labute approximate surface area is 109 Å². The normalized spacial score (nSPS) is 19.4. The van der Waals surface area contributed by atoms with Crippen LogP contribution >= 0.6 is 0 Å². The van der Waals surface area contributed by atoms with Crippen LogP contribution in [0.25, 0.3) is 0 Å². The molecular weight excluding hydrogens is 257 g/mol. The zero-order chi connectivity index (χ0) is 13.9. The van der Waals surface area contributed by atoms with E-state index in [-0.39, 0.29) is 23.1 Å². The molecule has 0 saturated carbocycles. The lowest BCUT2D eigenvalue weighted by Gasteiger charge is -2.14. The van der Waals surface area contributed by atoms with Crippen molar-refractivity contribution in [2.75, 3.05) is 18.4 Å². The van der Waals surface area contributed by atoms with Gasteiger partial charge >= 0.3 is 6.18 Å². The van der Waals surface area contributed by atoms with E-state index < -0.39 is 12.6 Å². The van der Waals surface area contributed by atoms with Crippen LogP contribution < -0.4 is 10.6 Å². The monoisotopic (exact) mass is 272 g/mol. The van der Waals surface area contributed by atoms with Gasteiger partial charge in [-0.3, -0.25) is 4.79 Å². The lowest BCUT2D eigenvalue weighted by Crippen LogP contribution is -2.25. The lowest BCUT2D eigenvalue weighted by atomic mass is 10.1. The highest BCUT2D eigenvalue weighted by atomic mass is 19.4. The quantitative estimate of drug-likeness (QED) is 0.886. The third-order valence-electron chi connectivity index (χ3n) is 3.10. The van der Waals surface area contributed by atoms with Crippen LogP contribution in [0.4, 0.5) is 18.9 Å². The van der Waals surface area contributed by atoms with Gasteiger partial charge in [0.15, 0.2) is 0 Å². The topological polar surface area (TPSA) is 41.1 Å². The summed E-state index contributed by atoms with van der Waals surface area (Å²) in [4.78, 5) is 11.9. The van der Waals surface area contributed by atoms with Crippen LogP contribution in [0.1, 0.15) is 12.0 Å². The lowest BCUT2D eigenvalue weighted by molar-refractivity contribution is -0.127. The number of rotatable bonds is 3. The van der Waals surface area contributed by atoms with E-state index in [1.54, 1.807) is 6.07 Å². The molecule has 1 unspecified atom stereocenters. The summed E-state index contributed by atoms with van der Waals surface area (Å²) in [5.41, 5.74) is 0.339. The van der Waals surface area contributed by atoms with Gasteiger partial charge in [0, 0.05) is 12.2 Å². The van der Waals surface area contributed by atoms with Crippen LogP contribution in [-0.2, 0) is 11.2 Å². The third kappa shape index (κ3) is 3.96. The second kappa shape index (κ2) is 5.61. The first-order valence-electron chi connectivity index (χ1n) is 6.12. The Morgan fingerprint density at radius 1 is 1.37 bits per heavy atom. The molecule has 1 aromatic carbocycles. The first-order valence-corrected chi connectivity index (χ1v) is 6.12. The number of nitrogens with one attached hydrogen (secondary N) is 2. The molecule has 0 spiro atoms. The van der Waals surface area contributed by atoms with E-state index >= 15 is 0 Å². The van der Waals surface area contributed by atoms with Crippen molar-refractivity contribution in [1.82, 2.24) is 5.32 Å². The number of carbonyl (C=O) groups excluding carboxylic acids is 1. The number of hydrogen-bond acceptors (Lipinski definition) is 2. The standard InChI is InChI=1S/C13H15F3N2O/c14-13(15,16)7-9-3-1-2-4-11(9)18-12(19)10-5-6-17-8-10/h1-4,10,17H,5-8H2,(H,18,19). The Morgan fingerprint density at radius 2 is 2.11 bits per heavy atom. The van der Waals surface area contributed by atoms with Crippen molar-refractivity contribution in [2.45, 2.75) is 19.0 Å². The molecule has 6 heteroatoms. The summed E-state index contributed by atoms with van der Waals surface area (Å²) >= 11 is 0. The second-order valence-electron chi connectivity index (χ2n) is 4.63. The summed E-state index contributed by atoms with van der Waals surface area (Å²) in [7, 11) is 0. The number of halogens is 3. The van der Waals surface area contributed by atoms with E-state index in [0.29, 0.717) is 13.0 Å². The van der Waals surface area contributed by atoms with E-state index in [1.165, 1.54) is 18.2 Å². The smallest absolute Gasteiger partial charge is 0.326 e. The van der Waals surface area contributed by atoms with Crippen LogP contribution in [0, 0.1) is 5.92 Å². The maximum absolute atomic E-state index is 12.4. The van der Waals surface area contributed by atoms with Crippen molar-refractivity contribution in [3.63, 3.8) is 0 Å². The number of amides is 1. The molecule has 2 N–H and O–H groups in total. The fourth-order valence-electron chi connectivity index (χ4n) is 2.13. The fraction of sp³-hybridized carbons (Fsp3) is 0.462. The summed E-state index contributed by atoms with van der Waals surface area (Å²) in [5, 5.41) is 5.65. The number of para-hydroxylation sites is 1. The molecule has 1 aromatic rings. The van der Waals surface area contributed by atoms with E-state index in [4.69, 9.17) is 0 Å². The van der Waals surface area contributed by atoms with Gasteiger partial charge in [0.05, 0.1) is 12.3 Å². The molecule has 19 heavy (non-hydrogen) atoms. The van der Waals surface area contributed by atoms with Crippen LogP contribution in [0.3, 0.4) is 0 Å². The van der Waals surface area contributed by atoms with Crippen molar-refractivity contribution in [2.24, 2.45) is 5.92 Å². The summed E-state index contributed by atoms with van der Waals surface area (Å²) in [6.45, 7) is 1.34. The highest BCUT2D eigenvalue weighted by Gasteiger charge is 2.29. The summed E-state index contributed by atoms with van der Waals surface area (Å²) in [5.74, 6) is -0.390. The van der Waals surface area contributed by atoms with Crippen molar-refractivity contribution in [3.8, 4) is 0 Å². The first kappa shape index (κ1) is 13.9. The van der Waals surface area contributed by atoms with Crippen molar-refractivity contribution in [1.29, 1.82) is 0 Å². The van der Waals surface area contributed by atoms with Gasteiger partial charge in [0.25, 0.3) is 0 Å². The summed E-state index contributed by atoms with van der Waals surface area (Å²) in [6.07, 6.45) is -4.60. The SMILES string of the molecule is O=C(Nc1ccccc1CC(F)(F)F)C1CCNC1. The molecule has 0 aromatic heterocycles. The number of alkyl halides is 3. The number of hydrogen-bond donors (Lipinski definition) is 2. The Hall–Kier alpha value is -1.56. The minimum atomic E-state index is -4.28. The van der Waals surface area contributed by atoms with Crippen LogP contribution in [-0.4, -0.2) is 25.2 Å². The van der Waals surface area contributed by atoms with Gasteiger partial charge in [0.2, 0.25) is 5.91 Å². The zero-order valence-electron chi connectivity index (χ0n) is 10.3. The number of benzene rings is 1. The Kier molecular flexibility index (Phi) is 4.09. The maximum atomic E-state index is 12.4. The van der Waals surface area contributed by atoms with Crippen molar-refractivity contribution in [3.05, 3.63) is 29.8 Å². The molecule has 104 valence electrons. The van der Waals surface area contributed by atoms with Gasteiger partial charge in [-0.1, -0.05) is 18.2 Å². The van der Waals surface area contributed by atoms with Gasteiger partial charge in [-0.15, -0.1) is 0 Å². The van der Waals surface area contributed by atoms with Crippen molar-refractivity contribution >= 4 is 11.6 Å². The van der Waals surface area contributed by atoms with Gasteiger partial charge < -0.3 is 10.6 Å². The van der Waals surface area contributed by atoms with E-state index in [1.807, 2.05) is 0 Å². The van der Waals surface area contributed by atoms with Crippen LogP contribution in [0.2, 0.25) is 0 Å². The summed E-state index contributed by atoms with van der Waals surface area (Å²) in [6, 6.07) is 6.04. The highest BCUT2D eigenvalue weighted by Crippen LogP contribution is 2.26. The van der Waals surface area contributed by atoms with E-state index in [0.717, 1.165) is 6.54 Å². The highest BCUT2D eigenvalue weighted by molar-refractivity contribution is 5.93. The van der Waals surface area contributed by atoms with Crippen LogP contribution in [0.15, 0.2) is 24.3 Å². The summed E-state index contributed by atoms with van der Waals surface area (Å²) < 4.78 is 37.3. The predicted octanol–water partition coefficient (Wildman–Crippen LogP) is 2.34. The van der Waals surface area contributed by atoms with Gasteiger partial charge in [-0.05, 0) is 24.6 Å². The van der Waals surface area contributed by atoms with Gasteiger partial charge in [-0.2, -0.15) is 13.2 Å². The maximum Gasteiger partial charge on any atom is 0.393 e. The molecule has 2 rings (SSSR count). The Morgan fingerprint density at radius 3 is 2.74 bits per heavy atom. The van der Waals surface area contributed by atoms with Gasteiger partial charge in [0.1, 0.15) is 0 Å². The fourth-order valence-corrected chi connectivity index (χ4v) is 2.13. The van der Waals surface area contributed by atoms with Crippen LogP contribution in [0.5, 0.6) is 0 Å². The third-order valence-corrected chi connectivity index (χ3v) is 3.10. The first-order chi connectivity index (χ1) is 8.96.